The van der Waals surface area contributed by atoms with Crippen LogP contribution in [0.2, 0.25) is 0 Å². The molecule has 8 nitrogen and oxygen atoms in total. The van der Waals surface area contributed by atoms with Gasteiger partial charge in [0.2, 0.25) is 5.91 Å². The number of aromatic nitrogens is 2. The summed E-state index contributed by atoms with van der Waals surface area (Å²) in [6, 6.07) is 5.24. The molecule has 1 aromatic heterocycles. The van der Waals surface area contributed by atoms with Gasteiger partial charge in [0.1, 0.15) is 0 Å². The number of H-pyrrole nitrogens is 1. The van der Waals surface area contributed by atoms with E-state index in [1.54, 1.807) is 44.9 Å². The van der Waals surface area contributed by atoms with Crippen LogP contribution in [-0.4, -0.2) is 72.0 Å². The maximum Gasteiger partial charge on any atom is 0.254 e. The van der Waals surface area contributed by atoms with Crippen molar-refractivity contribution in [1.82, 2.24) is 19.8 Å². The van der Waals surface area contributed by atoms with Crippen molar-refractivity contribution in [3.05, 3.63) is 42.0 Å². The molecule has 0 radical (unpaired) electrons. The lowest BCUT2D eigenvalue weighted by Crippen LogP contribution is -2.36. The first-order valence-electron chi connectivity index (χ1n) is 9.80. The van der Waals surface area contributed by atoms with Gasteiger partial charge in [-0.15, -0.1) is 0 Å². The van der Waals surface area contributed by atoms with Crippen LogP contribution in [0.4, 0.5) is 0 Å². The minimum absolute atomic E-state index is 0.00411. The van der Waals surface area contributed by atoms with Crippen molar-refractivity contribution >= 4 is 11.8 Å². The third kappa shape index (κ3) is 3.79. The Balaban J connectivity index is 1.40. The molecule has 4 rings (SSSR count). The Kier molecular flexibility index (Phi) is 5.17. The topological polar surface area (TPSA) is 87.8 Å². The fourth-order valence-electron chi connectivity index (χ4n) is 4.40. The van der Waals surface area contributed by atoms with E-state index in [1.807, 2.05) is 9.80 Å². The van der Waals surface area contributed by atoms with Gasteiger partial charge in [-0.1, -0.05) is 0 Å². The number of hydrogen-bond acceptors (Lipinski definition) is 5. The van der Waals surface area contributed by atoms with Crippen molar-refractivity contribution in [2.45, 2.75) is 19.3 Å². The summed E-state index contributed by atoms with van der Waals surface area (Å²) in [4.78, 5) is 36.4. The van der Waals surface area contributed by atoms with Crippen LogP contribution in [0.15, 0.2) is 30.7 Å². The average Bonchev–Trinajstić information content (AvgIpc) is 3.49. The number of ether oxygens (including phenoxy) is 2. The molecular formula is C21H26N4O4. The van der Waals surface area contributed by atoms with Gasteiger partial charge in [0, 0.05) is 49.0 Å². The highest BCUT2D eigenvalue weighted by Crippen LogP contribution is 2.40. The Bertz CT molecular complexity index is 898. The predicted molar refractivity (Wildman–Crippen MR) is 106 cm³/mol. The van der Waals surface area contributed by atoms with Crippen molar-refractivity contribution in [3.63, 3.8) is 0 Å². The van der Waals surface area contributed by atoms with E-state index in [4.69, 9.17) is 9.47 Å². The fourth-order valence-corrected chi connectivity index (χ4v) is 4.40. The summed E-state index contributed by atoms with van der Waals surface area (Å²) in [6.07, 6.45) is 5.45. The summed E-state index contributed by atoms with van der Waals surface area (Å²) in [7, 11) is 3.13. The van der Waals surface area contributed by atoms with Crippen LogP contribution < -0.4 is 9.47 Å². The zero-order valence-corrected chi connectivity index (χ0v) is 16.8. The van der Waals surface area contributed by atoms with Gasteiger partial charge in [0.25, 0.3) is 5.91 Å². The fraction of sp³-hybridized carbons (Fsp3) is 0.476. The Hall–Kier alpha value is -3.03. The monoisotopic (exact) mass is 398 g/mol. The van der Waals surface area contributed by atoms with E-state index in [0.717, 1.165) is 25.1 Å². The van der Waals surface area contributed by atoms with Crippen LogP contribution in [0.3, 0.4) is 0 Å². The highest BCUT2D eigenvalue weighted by molar-refractivity contribution is 5.95. The normalized spacial score (nSPS) is 21.0. The molecule has 0 aliphatic carbocycles. The molecule has 1 unspecified atom stereocenters. The molecule has 1 atom stereocenters. The van der Waals surface area contributed by atoms with Crippen LogP contribution in [0.1, 0.15) is 28.9 Å². The number of nitrogens with one attached hydrogen (secondary N) is 1. The van der Waals surface area contributed by atoms with E-state index in [9.17, 15) is 9.59 Å². The van der Waals surface area contributed by atoms with Gasteiger partial charge in [0.05, 0.1) is 27.0 Å². The van der Waals surface area contributed by atoms with Gasteiger partial charge in [-0.05, 0) is 31.0 Å². The number of rotatable bonds is 5. The number of carbonyl (C=O) groups is 2. The van der Waals surface area contributed by atoms with Gasteiger partial charge in [-0.2, -0.15) is 0 Å². The summed E-state index contributed by atoms with van der Waals surface area (Å²) in [5.41, 5.74) is 1.41. The first-order valence-corrected chi connectivity index (χ1v) is 9.80. The number of nitrogens with zero attached hydrogens (tertiary/aromatic N) is 3. The van der Waals surface area contributed by atoms with Crippen molar-refractivity contribution in [3.8, 4) is 11.5 Å². The van der Waals surface area contributed by atoms with Crippen LogP contribution in [-0.2, 0) is 11.2 Å². The van der Waals surface area contributed by atoms with Gasteiger partial charge in [-0.25, -0.2) is 4.98 Å². The van der Waals surface area contributed by atoms with E-state index < -0.39 is 0 Å². The summed E-state index contributed by atoms with van der Waals surface area (Å²) in [5.74, 6) is 1.24. The van der Waals surface area contributed by atoms with Crippen LogP contribution in [0.25, 0.3) is 0 Å². The maximum atomic E-state index is 13.0. The van der Waals surface area contributed by atoms with Gasteiger partial charge in [-0.3, -0.25) is 9.59 Å². The number of carbonyl (C=O) groups excluding carboxylic acids is 2. The van der Waals surface area contributed by atoms with E-state index >= 15 is 0 Å². The lowest BCUT2D eigenvalue weighted by atomic mass is 9.86. The third-order valence-corrected chi connectivity index (χ3v) is 6.04. The summed E-state index contributed by atoms with van der Waals surface area (Å²) < 4.78 is 10.6. The Labute approximate surface area is 169 Å². The van der Waals surface area contributed by atoms with Crippen LogP contribution >= 0.6 is 0 Å². The highest BCUT2D eigenvalue weighted by atomic mass is 16.5. The lowest BCUT2D eigenvalue weighted by molar-refractivity contribution is -0.129. The average molecular weight is 398 g/mol. The van der Waals surface area contributed by atoms with E-state index in [2.05, 4.69) is 9.97 Å². The molecule has 3 heterocycles. The Morgan fingerprint density at radius 1 is 1.10 bits per heavy atom. The molecule has 2 saturated heterocycles. The number of hydrogen-bond donors (Lipinski definition) is 1. The summed E-state index contributed by atoms with van der Waals surface area (Å²) in [6.45, 7) is 2.82. The van der Waals surface area contributed by atoms with E-state index in [0.29, 0.717) is 43.1 Å². The molecule has 1 aromatic carbocycles. The minimum Gasteiger partial charge on any atom is -0.493 e. The molecule has 2 amide bonds. The standard InChI is InChI=1S/C21H26N4O4/c1-28-17-4-3-15(9-18(17)29-2)20(27)25-8-6-21(13-25)5-7-24(12-21)19(26)10-16-11-22-14-23-16/h3-4,9,11,14H,5-8,10,12-13H2,1-2H3,(H,22,23). The first kappa shape index (κ1) is 19.3. The van der Waals surface area contributed by atoms with Crippen molar-refractivity contribution in [2.75, 3.05) is 40.4 Å². The van der Waals surface area contributed by atoms with Gasteiger partial charge < -0.3 is 24.3 Å². The second-order valence-electron chi connectivity index (χ2n) is 7.87. The number of benzene rings is 1. The number of imidazole rings is 1. The Morgan fingerprint density at radius 3 is 2.52 bits per heavy atom. The molecule has 154 valence electrons. The minimum atomic E-state index is -0.00920. The molecule has 2 aliphatic rings. The number of aromatic amines is 1. The largest absolute Gasteiger partial charge is 0.493 e. The molecule has 2 aliphatic heterocycles. The van der Waals surface area contributed by atoms with Crippen LogP contribution in [0, 0.1) is 5.41 Å². The van der Waals surface area contributed by atoms with E-state index in [-0.39, 0.29) is 17.2 Å². The highest BCUT2D eigenvalue weighted by Gasteiger charge is 2.46. The molecular weight excluding hydrogens is 372 g/mol. The smallest absolute Gasteiger partial charge is 0.254 e. The molecule has 29 heavy (non-hydrogen) atoms. The molecule has 2 aromatic rings. The first-order chi connectivity index (χ1) is 14.0. The van der Waals surface area contributed by atoms with Crippen molar-refractivity contribution in [2.24, 2.45) is 5.41 Å². The zero-order valence-electron chi connectivity index (χ0n) is 16.8. The summed E-state index contributed by atoms with van der Waals surface area (Å²) >= 11 is 0. The number of amides is 2. The van der Waals surface area contributed by atoms with Crippen LogP contribution in [0.5, 0.6) is 11.5 Å². The van der Waals surface area contributed by atoms with Gasteiger partial charge >= 0.3 is 0 Å². The summed E-state index contributed by atoms with van der Waals surface area (Å²) in [5, 5.41) is 0. The van der Waals surface area contributed by atoms with E-state index in [1.165, 1.54) is 0 Å². The predicted octanol–water partition coefficient (Wildman–Crippen LogP) is 1.73. The quantitative estimate of drug-likeness (QED) is 0.829. The molecule has 1 N–H and O–H groups in total. The molecule has 2 fully saturated rings. The molecule has 1 spiro atoms. The lowest BCUT2D eigenvalue weighted by Gasteiger charge is -2.25. The van der Waals surface area contributed by atoms with Crippen molar-refractivity contribution < 1.29 is 19.1 Å². The molecule has 8 heteroatoms. The maximum absolute atomic E-state index is 13.0. The molecule has 0 saturated carbocycles. The zero-order chi connectivity index (χ0) is 20.4. The third-order valence-electron chi connectivity index (χ3n) is 6.04. The Morgan fingerprint density at radius 2 is 1.83 bits per heavy atom. The van der Waals surface area contributed by atoms with Gasteiger partial charge in [0.15, 0.2) is 11.5 Å². The second-order valence-corrected chi connectivity index (χ2v) is 7.87. The number of methoxy groups -OCH3 is 2. The second kappa shape index (κ2) is 7.77. The SMILES string of the molecule is COc1ccc(C(=O)N2CCC3(CCN(C(=O)Cc4cnc[nH]4)C3)C2)cc1OC. The molecule has 0 bridgehead atoms. The van der Waals surface area contributed by atoms with Crippen molar-refractivity contribution in [1.29, 1.82) is 0 Å². The number of likely N-dealkylation sites (tertiary alicyclic amines) is 2.